The molecule has 2 aromatic rings. The molecule has 8 heteroatoms. The first kappa shape index (κ1) is 17.0. The molecule has 0 bridgehead atoms. The Kier molecular flexibility index (Phi) is 6.97. The van der Waals surface area contributed by atoms with Crippen molar-refractivity contribution in [1.82, 2.24) is 0 Å². The Morgan fingerprint density at radius 2 is 1.86 bits per heavy atom. The Balaban J connectivity index is 0.000000541. The summed E-state index contributed by atoms with van der Waals surface area (Å²) in [6, 6.07) is 14.2. The van der Waals surface area contributed by atoms with Crippen molar-refractivity contribution in [3.05, 3.63) is 52.6 Å². The second kappa shape index (κ2) is 9.01. The van der Waals surface area contributed by atoms with Crippen molar-refractivity contribution >= 4 is 16.7 Å². The molecule has 0 saturated heterocycles. The van der Waals surface area contributed by atoms with Gasteiger partial charge in [0.15, 0.2) is 5.96 Å². The lowest BCUT2D eigenvalue weighted by molar-refractivity contribution is -0.742. The molecule has 0 radical (unpaired) electrons. The van der Waals surface area contributed by atoms with Crippen LogP contribution in [-0.2, 0) is 0 Å². The summed E-state index contributed by atoms with van der Waals surface area (Å²) < 4.78 is 5.75. The summed E-state index contributed by atoms with van der Waals surface area (Å²) in [6.45, 7) is 1.19. The average Bonchev–Trinajstić information content (AvgIpc) is 2.46. The Morgan fingerprint density at radius 1 is 1.23 bits per heavy atom. The van der Waals surface area contributed by atoms with E-state index in [0.717, 1.165) is 17.6 Å². The maximum absolute atomic E-state index is 8.36. The molecular weight excluding hydrogens is 288 g/mol. The number of rotatable bonds is 5. The molecule has 0 amide bonds. The summed E-state index contributed by atoms with van der Waals surface area (Å²) >= 11 is 0. The first-order valence-electron chi connectivity index (χ1n) is 6.50. The molecule has 2 aromatic carbocycles. The lowest BCUT2D eigenvalue weighted by Crippen LogP contribution is -2.23. The Labute approximate surface area is 127 Å². The number of hydrogen-bond acceptors (Lipinski definition) is 4. The maximum atomic E-state index is 8.36. The highest BCUT2D eigenvalue weighted by atomic mass is 16.9. The van der Waals surface area contributed by atoms with Crippen LogP contribution in [0.4, 0.5) is 0 Å². The minimum Gasteiger partial charge on any atom is -0.493 e. The normalized spacial score (nSPS) is 9.45. The van der Waals surface area contributed by atoms with Gasteiger partial charge in [0.05, 0.1) is 6.61 Å². The second-order valence-corrected chi connectivity index (χ2v) is 4.22. The zero-order valence-corrected chi connectivity index (χ0v) is 11.9. The standard InChI is InChI=1S/C14H17N3O.HNO3/c15-14(16)17-9-4-10-18-13-8-3-6-11-5-1-2-7-12(11)13;2-1(3)4/h1-3,5-8H,4,9-10H2,(H4,15,16,17);(H,2,3,4). The van der Waals surface area contributed by atoms with Gasteiger partial charge in [-0.2, -0.15) is 0 Å². The van der Waals surface area contributed by atoms with Crippen LogP contribution in [-0.4, -0.2) is 29.4 Å². The van der Waals surface area contributed by atoms with E-state index in [9.17, 15) is 0 Å². The van der Waals surface area contributed by atoms with E-state index in [1.54, 1.807) is 0 Å². The van der Waals surface area contributed by atoms with Gasteiger partial charge in [-0.15, -0.1) is 10.1 Å². The van der Waals surface area contributed by atoms with E-state index in [1.807, 2.05) is 24.3 Å². The van der Waals surface area contributed by atoms with Crippen molar-refractivity contribution in [1.29, 1.82) is 0 Å². The van der Waals surface area contributed by atoms with Gasteiger partial charge in [-0.1, -0.05) is 36.4 Å². The van der Waals surface area contributed by atoms with Crippen LogP contribution in [0.15, 0.2) is 47.5 Å². The predicted octanol–water partition coefficient (Wildman–Crippen LogP) is 1.53. The van der Waals surface area contributed by atoms with Crippen molar-refractivity contribution in [2.75, 3.05) is 13.2 Å². The van der Waals surface area contributed by atoms with Crippen LogP contribution >= 0.6 is 0 Å². The van der Waals surface area contributed by atoms with Gasteiger partial charge in [0.25, 0.3) is 5.09 Å². The van der Waals surface area contributed by atoms with Gasteiger partial charge in [-0.05, 0) is 11.5 Å². The third-order valence-corrected chi connectivity index (χ3v) is 2.60. The monoisotopic (exact) mass is 306 g/mol. The molecule has 5 N–H and O–H groups in total. The number of hydrogen-bond donors (Lipinski definition) is 3. The van der Waals surface area contributed by atoms with Gasteiger partial charge in [0.2, 0.25) is 0 Å². The van der Waals surface area contributed by atoms with Gasteiger partial charge in [0.1, 0.15) is 5.75 Å². The average molecular weight is 306 g/mol. The van der Waals surface area contributed by atoms with Crippen LogP contribution in [0.1, 0.15) is 6.42 Å². The van der Waals surface area contributed by atoms with Gasteiger partial charge in [-0.3, -0.25) is 4.99 Å². The zero-order chi connectivity index (χ0) is 16.4. The van der Waals surface area contributed by atoms with Crippen LogP contribution in [0.2, 0.25) is 0 Å². The topological polar surface area (TPSA) is 137 Å². The molecule has 0 aromatic heterocycles. The van der Waals surface area contributed by atoms with Gasteiger partial charge < -0.3 is 21.4 Å². The summed E-state index contributed by atoms with van der Waals surface area (Å²) in [7, 11) is 0. The molecule has 22 heavy (non-hydrogen) atoms. The smallest absolute Gasteiger partial charge is 0.291 e. The molecule has 0 aliphatic rings. The van der Waals surface area contributed by atoms with E-state index in [-0.39, 0.29) is 5.96 Å². The highest BCUT2D eigenvalue weighted by Crippen LogP contribution is 2.25. The number of fused-ring (bicyclic) bond motifs is 1. The summed E-state index contributed by atoms with van der Waals surface area (Å²) in [5, 5.41) is 15.9. The molecule has 2 rings (SSSR count). The van der Waals surface area contributed by atoms with Crippen molar-refractivity contribution in [2.45, 2.75) is 6.42 Å². The zero-order valence-electron chi connectivity index (χ0n) is 11.9. The third kappa shape index (κ3) is 6.42. The molecule has 0 aliphatic heterocycles. The van der Waals surface area contributed by atoms with E-state index in [1.165, 1.54) is 5.39 Å². The molecular formula is C14H18N4O4. The maximum Gasteiger partial charge on any atom is 0.291 e. The van der Waals surface area contributed by atoms with E-state index in [4.69, 9.17) is 31.5 Å². The predicted molar refractivity (Wildman–Crippen MR) is 83.5 cm³/mol. The molecule has 0 aliphatic carbocycles. The van der Waals surface area contributed by atoms with Crippen LogP contribution in [0, 0.1) is 10.1 Å². The van der Waals surface area contributed by atoms with Gasteiger partial charge in [-0.25, -0.2) is 0 Å². The number of ether oxygens (including phenoxy) is 1. The summed E-state index contributed by atoms with van der Waals surface area (Å²) in [6.07, 6.45) is 0.793. The first-order valence-corrected chi connectivity index (χ1v) is 6.50. The molecule has 0 saturated carbocycles. The Hall–Kier alpha value is -3.03. The minimum absolute atomic E-state index is 0.125. The van der Waals surface area contributed by atoms with E-state index in [2.05, 4.69) is 23.2 Å². The summed E-state index contributed by atoms with van der Waals surface area (Å²) in [5.74, 6) is 1.03. The number of guanidine groups is 1. The highest BCUT2D eigenvalue weighted by Gasteiger charge is 2.00. The fraction of sp³-hybridized carbons (Fsp3) is 0.214. The Morgan fingerprint density at radius 3 is 2.55 bits per heavy atom. The molecule has 118 valence electrons. The van der Waals surface area contributed by atoms with Gasteiger partial charge >= 0.3 is 0 Å². The molecule has 0 spiro atoms. The van der Waals surface area contributed by atoms with Crippen LogP contribution in [0.25, 0.3) is 10.8 Å². The lowest BCUT2D eigenvalue weighted by Gasteiger charge is -2.08. The van der Waals surface area contributed by atoms with Crippen molar-refractivity contribution in [3.8, 4) is 5.75 Å². The van der Waals surface area contributed by atoms with Crippen LogP contribution in [0.5, 0.6) is 5.75 Å². The molecule has 0 atom stereocenters. The van der Waals surface area contributed by atoms with Crippen LogP contribution < -0.4 is 16.2 Å². The quantitative estimate of drug-likeness (QED) is 0.252. The number of aliphatic imine (C=N–C) groups is 1. The van der Waals surface area contributed by atoms with Gasteiger partial charge in [0, 0.05) is 18.4 Å². The van der Waals surface area contributed by atoms with Crippen molar-refractivity contribution in [2.24, 2.45) is 16.5 Å². The fourth-order valence-electron chi connectivity index (χ4n) is 1.78. The fourth-order valence-corrected chi connectivity index (χ4v) is 1.78. The van der Waals surface area contributed by atoms with E-state index in [0.29, 0.717) is 13.2 Å². The summed E-state index contributed by atoms with van der Waals surface area (Å²) in [5.41, 5.74) is 10.5. The molecule has 0 fully saturated rings. The van der Waals surface area contributed by atoms with Crippen molar-refractivity contribution < 1.29 is 15.0 Å². The van der Waals surface area contributed by atoms with E-state index >= 15 is 0 Å². The minimum atomic E-state index is -1.50. The molecule has 0 unspecified atom stereocenters. The lowest BCUT2D eigenvalue weighted by atomic mass is 10.1. The number of nitrogens with zero attached hydrogens (tertiary/aromatic N) is 2. The number of benzene rings is 2. The largest absolute Gasteiger partial charge is 0.493 e. The SMILES string of the molecule is NC(N)=NCCCOc1cccc2ccccc12.O=[N+]([O-])O. The Bertz CT molecular complexity index is 632. The summed E-state index contributed by atoms with van der Waals surface area (Å²) in [4.78, 5) is 12.3. The third-order valence-electron chi connectivity index (χ3n) is 2.60. The van der Waals surface area contributed by atoms with Crippen molar-refractivity contribution in [3.63, 3.8) is 0 Å². The number of nitrogens with two attached hydrogens (primary N) is 2. The molecule has 8 nitrogen and oxygen atoms in total. The van der Waals surface area contributed by atoms with Crippen LogP contribution in [0.3, 0.4) is 0 Å². The highest BCUT2D eigenvalue weighted by molar-refractivity contribution is 5.88. The van der Waals surface area contributed by atoms with E-state index < -0.39 is 5.09 Å². The molecule has 0 heterocycles. The first-order chi connectivity index (χ1) is 10.5. The second-order valence-electron chi connectivity index (χ2n) is 4.22.